The maximum Gasteiger partial charge on any atom is 0.227 e. The minimum atomic E-state index is -0.314. The van der Waals surface area contributed by atoms with Gasteiger partial charge in [0.25, 0.3) is 0 Å². The molecule has 6 nitrogen and oxygen atoms in total. The lowest BCUT2D eigenvalue weighted by atomic mass is 10.2. The van der Waals surface area contributed by atoms with Crippen molar-refractivity contribution in [2.24, 2.45) is 5.73 Å². The van der Waals surface area contributed by atoms with Gasteiger partial charge in [-0.3, -0.25) is 4.79 Å². The second-order valence-electron chi connectivity index (χ2n) is 4.32. The molecule has 0 saturated heterocycles. The first-order chi connectivity index (χ1) is 9.63. The highest BCUT2D eigenvalue weighted by atomic mass is 35.5. The summed E-state index contributed by atoms with van der Waals surface area (Å²) in [4.78, 5) is 11.9. The van der Waals surface area contributed by atoms with Gasteiger partial charge >= 0.3 is 0 Å². The molecule has 1 unspecified atom stereocenters. The summed E-state index contributed by atoms with van der Waals surface area (Å²) >= 11 is 6.10. The highest BCUT2D eigenvalue weighted by molar-refractivity contribution is 6.34. The second-order valence-corrected chi connectivity index (χ2v) is 4.73. The molecule has 1 heterocycles. The van der Waals surface area contributed by atoms with Crippen molar-refractivity contribution in [3.05, 3.63) is 17.2 Å². The monoisotopic (exact) mass is 336 g/mol. The summed E-state index contributed by atoms with van der Waals surface area (Å²) in [7, 11) is 1.52. The summed E-state index contributed by atoms with van der Waals surface area (Å²) in [6.07, 6.45) is -0.149. The average Bonchev–Trinajstić information content (AvgIpc) is 2.45. The summed E-state index contributed by atoms with van der Waals surface area (Å²) in [6.45, 7) is 1.24. The Hall–Kier alpha value is -1.21. The summed E-state index contributed by atoms with van der Waals surface area (Å²) < 4.78 is 15.9. The number of methoxy groups -OCH3 is 1. The van der Waals surface area contributed by atoms with E-state index in [2.05, 4.69) is 5.32 Å². The lowest BCUT2D eigenvalue weighted by molar-refractivity contribution is -0.118. The number of carbonyl (C=O) groups is 1. The Balaban J connectivity index is 0.00000220. The Morgan fingerprint density at radius 2 is 2.05 bits per heavy atom. The zero-order chi connectivity index (χ0) is 14.5. The van der Waals surface area contributed by atoms with E-state index >= 15 is 0 Å². The predicted octanol–water partition coefficient (Wildman–Crippen LogP) is 1.84. The molecular weight excluding hydrogens is 319 g/mol. The van der Waals surface area contributed by atoms with Crippen molar-refractivity contribution in [3.8, 4) is 11.5 Å². The number of fused-ring (bicyclic) bond motifs is 1. The Labute approximate surface area is 134 Å². The van der Waals surface area contributed by atoms with Crippen LogP contribution in [0, 0.1) is 0 Å². The topological polar surface area (TPSA) is 82.8 Å². The van der Waals surface area contributed by atoms with E-state index in [9.17, 15) is 4.79 Å². The van der Waals surface area contributed by atoms with Crippen LogP contribution >= 0.6 is 24.0 Å². The van der Waals surface area contributed by atoms with Gasteiger partial charge in [-0.1, -0.05) is 11.6 Å². The Morgan fingerprint density at radius 1 is 1.43 bits per heavy atom. The van der Waals surface area contributed by atoms with Crippen LogP contribution in [0.3, 0.4) is 0 Å². The van der Waals surface area contributed by atoms with E-state index in [1.54, 1.807) is 12.1 Å². The van der Waals surface area contributed by atoms with Crippen molar-refractivity contribution >= 4 is 35.6 Å². The van der Waals surface area contributed by atoms with Crippen LogP contribution in [0.25, 0.3) is 0 Å². The normalized spacial score (nSPS) is 14.0. The lowest BCUT2D eigenvalue weighted by Crippen LogP contribution is -2.28. The first-order valence-corrected chi connectivity index (χ1v) is 6.63. The quantitative estimate of drug-likeness (QED) is 0.857. The number of amides is 1. The van der Waals surface area contributed by atoms with Crippen molar-refractivity contribution in [2.75, 3.05) is 32.2 Å². The van der Waals surface area contributed by atoms with Gasteiger partial charge in [0.15, 0.2) is 11.5 Å². The van der Waals surface area contributed by atoms with Crippen LogP contribution in [-0.4, -0.2) is 38.9 Å². The van der Waals surface area contributed by atoms with Gasteiger partial charge in [-0.2, -0.15) is 0 Å². The molecule has 3 N–H and O–H groups in total. The number of rotatable bonds is 5. The van der Waals surface area contributed by atoms with E-state index in [-0.39, 0.29) is 37.4 Å². The van der Waals surface area contributed by atoms with Gasteiger partial charge in [-0.05, 0) is 0 Å². The van der Waals surface area contributed by atoms with Gasteiger partial charge in [-0.15, -0.1) is 12.4 Å². The van der Waals surface area contributed by atoms with Gasteiger partial charge in [0.05, 0.1) is 23.2 Å². The molecule has 0 fully saturated rings. The second kappa shape index (κ2) is 8.29. The molecule has 0 bridgehead atoms. The zero-order valence-corrected chi connectivity index (χ0v) is 13.1. The first-order valence-electron chi connectivity index (χ1n) is 6.26. The minimum Gasteiger partial charge on any atom is -0.486 e. The zero-order valence-electron chi connectivity index (χ0n) is 11.6. The van der Waals surface area contributed by atoms with E-state index in [0.717, 1.165) is 0 Å². The van der Waals surface area contributed by atoms with E-state index in [0.29, 0.717) is 35.4 Å². The van der Waals surface area contributed by atoms with Gasteiger partial charge in [0.2, 0.25) is 5.91 Å². The van der Waals surface area contributed by atoms with Crippen molar-refractivity contribution < 1.29 is 19.0 Å². The van der Waals surface area contributed by atoms with Crippen molar-refractivity contribution in [3.63, 3.8) is 0 Å². The fourth-order valence-electron chi connectivity index (χ4n) is 1.83. The fourth-order valence-corrected chi connectivity index (χ4v) is 2.03. The predicted molar refractivity (Wildman–Crippen MR) is 82.8 cm³/mol. The van der Waals surface area contributed by atoms with E-state index < -0.39 is 0 Å². The van der Waals surface area contributed by atoms with E-state index in [4.69, 9.17) is 31.5 Å². The Morgan fingerprint density at radius 3 is 2.62 bits per heavy atom. The number of hydrogen-bond acceptors (Lipinski definition) is 5. The Kier molecular flexibility index (Phi) is 7.04. The number of halogens is 2. The third-order valence-electron chi connectivity index (χ3n) is 2.92. The van der Waals surface area contributed by atoms with Crippen molar-refractivity contribution in [1.29, 1.82) is 0 Å². The van der Waals surface area contributed by atoms with E-state index in [1.807, 2.05) is 0 Å². The molecule has 2 rings (SSSR count). The number of nitrogens with one attached hydrogen (secondary N) is 1. The molecule has 0 saturated carbocycles. The number of ether oxygens (including phenoxy) is 3. The third-order valence-corrected chi connectivity index (χ3v) is 3.23. The van der Waals surface area contributed by atoms with Gasteiger partial charge in [0, 0.05) is 25.8 Å². The highest BCUT2D eigenvalue weighted by Gasteiger charge is 2.17. The molecule has 0 aromatic heterocycles. The summed E-state index contributed by atoms with van der Waals surface area (Å²) in [6, 6.07) is 3.28. The molecular formula is C13H18Cl2N2O4. The molecule has 1 aromatic carbocycles. The highest BCUT2D eigenvalue weighted by Crippen LogP contribution is 2.37. The molecule has 0 radical (unpaired) electrons. The van der Waals surface area contributed by atoms with Crippen LogP contribution < -0.4 is 20.5 Å². The number of hydrogen-bond donors (Lipinski definition) is 2. The standard InChI is InChI=1S/C13H17ClN2O4.ClH/c1-18-8(7-15)4-13(17)16-10-6-12-11(5-9(10)14)19-2-3-20-12;/h5-6,8H,2-4,7,15H2,1H3,(H,16,17);1H. The minimum absolute atomic E-state index is 0. The summed E-state index contributed by atoms with van der Waals surface area (Å²) in [5.41, 5.74) is 5.96. The number of benzene rings is 1. The SMILES string of the molecule is COC(CN)CC(=O)Nc1cc2c(cc1Cl)OCCO2.Cl. The average molecular weight is 337 g/mol. The number of anilines is 1. The Bertz CT molecular complexity index is 495. The maximum atomic E-state index is 11.9. The fraction of sp³-hybridized carbons (Fsp3) is 0.462. The van der Waals surface area contributed by atoms with Crippen LogP contribution in [0.5, 0.6) is 11.5 Å². The molecule has 1 aliphatic rings. The van der Waals surface area contributed by atoms with Crippen LogP contribution in [0.15, 0.2) is 12.1 Å². The first kappa shape index (κ1) is 17.8. The maximum absolute atomic E-state index is 11.9. The lowest BCUT2D eigenvalue weighted by Gasteiger charge is -2.20. The molecule has 8 heteroatoms. The molecule has 21 heavy (non-hydrogen) atoms. The van der Waals surface area contributed by atoms with Crippen LogP contribution in [0.2, 0.25) is 5.02 Å². The van der Waals surface area contributed by atoms with Crippen molar-refractivity contribution in [1.82, 2.24) is 0 Å². The molecule has 1 amide bonds. The van der Waals surface area contributed by atoms with Gasteiger partial charge < -0.3 is 25.3 Å². The molecule has 1 aromatic rings. The third kappa shape index (κ3) is 4.64. The largest absolute Gasteiger partial charge is 0.486 e. The molecule has 1 atom stereocenters. The van der Waals surface area contributed by atoms with Crippen molar-refractivity contribution in [2.45, 2.75) is 12.5 Å². The van der Waals surface area contributed by atoms with Crippen LogP contribution in [0.1, 0.15) is 6.42 Å². The van der Waals surface area contributed by atoms with Gasteiger partial charge in [0.1, 0.15) is 13.2 Å². The summed E-state index contributed by atoms with van der Waals surface area (Å²) in [5, 5.41) is 3.11. The smallest absolute Gasteiger partial charge is 0.227 e. The van der Waals surface area contributed by atoms with Crippen LogP contribution in [0.4, 0.5) is 5.69 Å². The molecule has 1 aliphatic heterocycles. The number of nitrogens with two attached hydrogens (primary N) is 1. The molecule has 118 valence electrons. The van der Waals surface area contributed by atoms with Gasteiger partial charge in [-0.25, -0.2) is 0 Å². The van der Waals surface area contributed by atoms with E-state index in [1.165, 1.54) is 7.11 Å². The summed E-state index contributed by atoms with van der Waals surface area (Å²) in [5.74, 6) is 0.926. The number of carbonyl (C=O) groups excluding carboxylic acids is 1. The molecule has 0 spiro atoms. The van der Waals surface area contributed by atoms with Crippen LogP contribution in [-0.2, 0) is 9.53 Å². The molecule has 0 aliphatic carbocycles.